The highest BCUT2D eigenvalue weighted by atomic mass is 16.3. The summed E-state index contributed by atoms with van der Waals surface area (Å²) >= 11 is 0. The lowest BCUT2D eigenvalue weighted by Gasteiger charge is -1.98. The molecule has 0 saturated heterocycles. The molecule has 1 aromatic rings. The Morgan fingerprint density at radius 3 is 2.91 bits per heavy atom. The van der Waals surface area contributed by atoms with Crippen LogP contribution in [0.3, 0.4) is 0 Å². The van der Waals surface area contributed by atoms with Gasteiger partial charge in [-0.15, -0.1) is 6.42 Å². The number of hydrogen-bond acceptors (Lipinski definition) is 2. The molecule has 0 fully saturated rings. The second-order valence-electron chi connectivity index (χ2n) is 2.30. The third-order valence-corrected chi connectivity index (χ3v) is 1.34. The maximum absolute atomic E-state index is 8.79. The van der Waals surface area contributed by atoms with E-state index < -0.39 is 0 Å². The smallest absolute Gasteiger partial charge is 0.113 e. The first kappa shape index (κ1) is 7.77. The van der Waals surface area contributed by atoms with Gasteiger partial charge in [0.2, 0.25) is 0 Å². The van der Waals surface area contributed by atoms with Gasteiger partial charge in [0.25, 0.3) is 0 Å². The van der Waals surface area contributed by atoms with Crippen LogP contribution in [0.2, 0.25) is 0 Å². The lowest BCUT2D eigenvalue weighted by atomic mass is 10.2. The van der Waals surface area contributed by atoms with Crippen molar-refractivity contribution in [3.8, 4) is 12.3 Å². The normalized spacial score (nSPS) is 9.18. The molecule has 56 valence electrons. The van der Waals surface area contributed by atoms with Crippen LogP contribution < -0.4 is 0 Å². The van der Waals surface area contributed by atoms with Gasteiger partial charge in [0.1, 0.15) is 5.69 Å². The second kappa shape index (κ2) is 3.18. The highest BCUT2D eigenvalue weighted by Gasteiger charge is 1.95. The molecule has 1 heterocycles. The molecule has 0 spiro atoms. The van der Waals surface area contributed by atoms with E-state index >= 15 is 0 Å². The monoisotopic (exact) mass is 147 g/mol. The van der Waals surface area contributed by atoms with E-state index in [1.54, 1.807) is 12.1 Å². The molecule has 0 aliphatic carbocycles. The van der Waals surface area contributed by atoms with Crippen molar-refractivity contribution in [2.45, 2.75) is 13.5 Å². The van der Waals surface area contributed by atoms with Gasteiger partial charge in [0.05, 0.1) is 6.61 Å². The average Bonchev–Trinajstić information content (AvgIpc) is 2.03. The fourth-order valence-electron chi connectivity index (χ4n) is 0.905. The minimum absolute atomic E-state index is 0.0119. The summed E-state index contributed by atoms with van der Waals surface area (Å²) in [4.78, 5) is 4.05. The second-order valence-corrected chi connectivity index (χ2v) is 2.30. The van der Waals surface area contributed by atoms with Crippen molar-refractivity contribution < 1.29 is 5.11 Å². The first-order valence-electron chi connectivity index (χ1n) is 3.31. The molecule has 1 N–H and O–H groups in total. The lowest BCUT2D eigenvalue weighted by Crippen LogP contribution is -1.91. The van der Waals surface area contributed by atoms with Gasteiger partial charge in [0.15, 0.2) is 0 Å². The minimum atomic E-state index is 0.0119. The summed E-state index contributed by atoms with van der Waals surface area (Å²) in [5, 5.41) is 8.79. The molecule has 1 aromatic heterocycles. The molecular weight excluding hydrogens is 138 g/mol. The zero-order valence-electron chi connectivity index (χ0n) is 6.33. The van der Waals surface area contributed by atoms with Crippen LogP contribution in [0.1, 0.15) is 17.0 Å². The molecule has 0 amide bonds. The summed E-state index contributed by atoms with van der Waals surface area (Å²) in [6.45, 7) is 1.86. The Kier molecular flexibility index (Phi) is 2.25. The van der Waals surface area contributed by atoms with Crippen LogP contribution in [0.4, 0.5) is 0 Å². The predicted octanol–water partition coefficient (Wildman–Crippen LogP) is 0.864. The number of hydrogen-bond donors (Lipinski definition) is 1. The number of terminal acetylenes is 1. The topological polar surface area (TPSA) is 33.1 Å². The molecule has 2 heteroatoms. The van der Waals surface area contributed by atoms with E-state index in [0.717, 1.165) is 11.3 Å². The first-order valence-corrected chi connectivity index (χ1v) is 3.31. The van der Waals surface area contributed by atoms with Gasteiger partial charge in [-0.2, -0.15) is 0 Å². The van der Waals surface area contributed by atoms with Crippen molar-refractivity contribution in [2.24, 2.45) is 0 Å². The average molecular weight is 147 g/mol. The van der Waals surface area contributed by atoms with Crippen molar-refractivity contribution in [3.63, 3.8) is 0 Å². The Balaban J connectivity index is 3.15. The van der Waals surface area contributed by atoms with Crippen LogP contribution in [-0.4, -0.2) is 10.1 Å². The molecular formula is C9H9NO. The van der Waals surface area contributed by atoms with E-state index in [2.05, 4.69) is 10.9 Å². The highest BCUT2D eigenvalue weighted by molar-refractivity contribution is 5.30. The largest absolute Gasteiger partial charge is 0.392 e. The standard InChI is InChI=1S/C9H9NO/c1-3-9-5-8(6-11)4-7(2)10-9/h1,4-5,11H,6H2,2H3. The molecule has 0 aliphatic heterocycles. The van der Waals surface area contributed by atoms with Gasteiger partial charge in [0, 0.05) is 5.69 Å². The maximum atomic E-state index is 8.79. The van der Waals surface area contributed by atoms with Crippen molar-refractivity contribution >= 4 is 0 Å². The van der Waals surface area contributed by atoms with Crippen LogP contribution in [0.15, 0.2) is 12.1 Å². The Labute approximate surface area is 65.9 Å². The summed E-state index contributed by atoms with van der Waals surface area (Å²) in [5.74, 6) is 2.42. The Bertz CT molecular complexity index is 299. The molecule has 2 nitrogen and oxygen atoms in total. The number of rotatable bonds is 1. The number of aliphatic hydroxyl groups is 1. The molecule has 0 saturated carbocycles. The Morgan fingerprint density at radius 1 is 1.64 bits per heavy atom. The molecule has 0 unspecified atom stereocenters. The number of pyridine rings is 1. The molecule has 0 bridgehead atoms. The Morgan fingerprint density at radius 2 is 2.36 bits per heavy atom. The van der Waals surface area contributed by atoms with E-state index in [-0.39, 0.29) is 6.61 Å². The lowest BCUT2D eigenvalue weighted by molar-refractivity contribution is 0.281. The molecule has 0 atom stereocenters. The molecule has 0 aliphatic rings. The fraction of sp³-hybridized carbons (Fsp3) is 0.222. The van der Waals surface area contributed by atoms with Crippen molar-refractivity contribution in [3.05, 3.63) is 29.1 Å². The molecule has 11 heavy (non-hydrogen) atoms. The van der Waals surface area contributed by atoms with E-state index in [1.807, 2.05) is 6.92 Å². The zero-order valence-corrected chi connectivity index (χ0v) is 6.33. The third-order valence-electron chi connectivity index (χ3n) is 1.34. The molecule has 1 rings (SSSR count). The summed E-state index contributed by atoms with van der Waals surface area (Å²) in [7, 11) is 0. The predicted molar refractivity (Wildman–Crippen MR) is 42.8 cm³/mol. The third kappa shape index (κ3) is 1.79. The minimum Gasteiger partial charge on any atom is -0.392 e. The van der Waals surface area contributed by atoms with Crippen molar-refractivity contribution in [2.75, 3.05) is 0 Å². The van der Waals surface area contributed by atoms with E-state index in [4.69, 9.17) is 11.5 Å². The van der Waals surface area contributed by atoms with Crippen LogP contribution in [0.25, 0.3) is 0 Å². The quantitative estimate of drug-likeness (QED) is 0.598. The van der Waals surface area contributed by atoms with E-state index in [1.165, 1.54) is 0 Å². The van der Waals surface area contributed by atoms with Gasteiger partial charge in [-0.05, 0) is 24.6 Å². The highest BCUT2D eigenvalue weighted by Crippen LogP contribution is 2.03. The van der Waals surface area contributed by atoms with Crippen molar-refractivity contribution in [1.29, 1.82) is 0 Å². The first-order chi connectivity index (χ1) is 5.26. The SMILES string of the molecule is C#Cc1cc(CO)cc(C)n1. The molecule has 0 aromatic carbocycles. The number of aryl methyl sites for hydroxylation is 1. The zero-order chi connectivity index (χ0) is 8.27. The van der Waals surface area contributed by atoms with E-state index in [9.17, 15) is 0 Å². The summed E-state index contributed by atoms with van der Waals surface area (Å²) in [6, 6.07) is 3.51. The van der Waals surface area contributed by atoms with Gasteiger partial charge in [-0.3, -0.25) is 0 Å². The maximum Gasteiger partial charge on any atom is 0.113 e. The van der Waals surface area contributed by atoms with Crippen molar-refractivity contribution in [1.82, 2.24) is 4.98 Å². The van der Waals surface area contributed by atoms with Crippen LogP contribution in [-0.2, 0) is 6.61 Å². The Hall–Kier alpha value is -1.33. The fourth-order valence-corrected chi connectivity index (χ4v) is 0.905. The van der Waals surface area contributed by atoms with Crippen LogP contribution >= 0.6 is 0 Å². The van der Waals surface area contributed by atoms with E-state index in [0.29, 0.717) is 5.69 Å². The van der Waals surface area contributed by atoms with Crippen LogP contribution in [0.5, 0.6) is 0 Å². The summed E-state index contributed by atoms with van der Waals surface area (Å²) in [6.07, 6.45) is 5.15. The van der Waals surface area contributed by atoms with Gasteiger partial charge < -0.3 is 5.11 Å². The van der Waals surface area contributed by atoms with Gasteiger partial charge in [-0.1, -0.05) is 5.92 Å². The number of aliphatic hydroxyl groups excluding tert-OH is 1. The number of aromatic nitrogens is 1. The van der Waals surface area contributed by atoms with Crippen LogP contribution in [0, 0.1) is 19.3 Å². The van der Waals surface area contributed by atoms with Gasteiger partial charge in [-0.25, -0.2) is 4.98 Å². The summed E-state index contributed by atoms with van der Waals surface area (Å²) < 4.78 is 0. The van der Waals surface area contributed by atoms with Gasteiger partial charge >= 0.3 is 0 Å². The summed E-state index contributed by atoms with van der Waals surface area (Å²) in [5.41, 5.74) is 2.23. The molecule has 0 radical (unpaired) electrons. The number of nitrogens with zero attached hydrogens (tertiary/aromatic N) is 1.